The molecule has 3 aromatic carbocycles. The Morgan fingerprint density at radius 3 is 2.57 bits per heavy atom. The lowest BCUT2D eigenvalue weighted by Gasteiger charge is -2.26. The Bertz CT molecular complexity index is 1600. The number of amides is 1. The van der Waals surface area contributed by atoms with Crippen molar-refractivity contribution >= 4 is 28.5 Å². The molecule has 1 aromatic heterocycles. The highest BCUT2D eigenvalue weighted by atomic mass is 35.5. The van der Waals surface area contributed by atoms with Crippen molar-refractivity contribution in [3.8, 4) is 11.5 Å². The average molecular weight is 520 g/mol. The van der Waals surface area contributed by atoms with E-state index in [9.17, 15) is 14.0 Å². The lowest BCUT2D eigenvalue weighted by atomic mass is 9.97. The van der Waals surface area contributed by atoms with E-state index < -0.39 is 11.9 Å². The highest BCUT2D eigenvalue weighted by Crippen LogP contribution is 2.42. The second kappa shape index (κ2) is 9.75. The molecule has 1 aliphatic heterocycles. The third-order valence-corrected chi connectivity index (χ3v) is 6.78. The molecular formula is C29H23ClFNO5. The van der Waals surface area contributed by atoms with Crippen LogP contribution in [0.5, 0.6) is 11.5 Å². The number of methoxy groups -OCH3 is 1. The van der Waals surface area contributed by atoms with E-state index in [0.29, 0.717) is 27.6 Å². The van der Waals surface area contributed by atoms with Crippen LogP contribution in [0.25, 0.3) is 11.0 Å². The standard InChI is InChI=1S/C29H23ClFNO5/c1-4-11-36-22-10-7-18(13-24(22)35-3)26-25-27(33)20-14-21(30)16(2)12-23(20)37-28(25)29(34)32(26)15-17-5-8-19(31)9-6-17/h4-10,12-14,26H,1,11,15H2,2-3H3. The number of halogens is 2. The van der Waals surface area contributed by atoms with Crippen LogP contribution in [-0.2, 0) is 6.54 Å². The van der Waals surface area contributed by atoms with Crippen molar-refractivity contribution in [1.29, 1.82) is 0 Å². The molecule has 0 radical (unpaired) electrons. The molecule has 0 saturated carbocycles. The van der Waals surface area contributed by atoms with E-state index in [1.807, 2.05) is 0 Å². The van der Waals surface area contributed by atoms with Gasteiger partial charge in [-0.1, -0.05) is 42.5 Å². The molecule has 1 atom stereocenters. The third kappa shape index (κ3) is 4.36. The summed E-state index contributed by atoms with van der Waals surface area (Å²) < 4.78 is 30.8. The van der Waals surface area contributed by atoms with Gasteiger partial charge in [-0.15, -0.1) is 0 Å². The largest absolute Gasteiger partial charge is 0.493 e. The smallest absolute Gasteiger partial charge is 0.291 e. The molecule has 0 saturated heterocycles. The number of ether oxygens (including phenoxy) is 2. The Hall–Kier alpha value is -4.10. The Morgan fingerprint density at radius 1 is 1.11 bits per heavy atom. The summed E-state index contributed by atoms with van der Waals surface area (Å²) in [7, 11) is 1.51. The first-order valence-corrected chi connectivity index (χ1v) is 11.9. The van der Waals surface area contributed by atoms with E-state index in [4.69, 9.17) is 25.5 Å². The summed E-state index contributed by atoms with van der Waals surface area (Å²) in [5.41, 5.74) is 2.20. The van der Waals surface area contributed by atoms with Gasteiger partial charge in [0, 0.05) is 11.6 Å². The molecule has 1 amide bonds. The van der Waals surface area contributed by atoms with Crippen LogP contribution < -0.4 is 14.9 Å². The topological polar surface area (TPSA) is 69.0 Å². The van der Waals surface area contributed by atoms with E-state index in [1.54, 1.807) is 55.5 Å². The maximum Gasteiger partial charge on any atom is 0.291 e. The van der Waals surface area contributed by atoms with Crippen LogP contribution in [0.2, 0.25) is 5.02 Å². The Kier molecular flexibility index (Phi) is 6.48. The maximum atomic E-state index is 13.8. The van der Waals surface area contributed by atoms with Gasteiger partial charge in [-0.2, -0.15) is 0 Å². The van der Waals surface area contributed by atoms with Crippen LogP contribution in [0.4, 0.5) is 4.39 Å². The molecule has 5 rings (SSSR count). The minimum Gasteiger partial charge on any atom is -0.493 e. The zero-order chi connectivity index (χ0) is 26.3. The summed E-state index contributed by atoms with van der Waals surface area (Å²) in [6.07, 6.45) is 1.62. The molecule has 0 bridgehead atoms. The van der Waals surface area contributed by atoms with Gasteiger partial charge in [-0.3, -0.25) is 9.59 Å². The first kappa shape index (κ1) is 24.6. The summed E-state index contributed by atoms with van der Waals surface area (Å²) in [6.45, 7) is 5.86. The number of hydrogen-bond donors (Lipinski definition) is 0. The Morgan fingerprint density at radius 2 is 1.86 bits per heavy atom. The molecule has 0 N–H and O–H groups in total. The highest BCUT2D eigenvalue weighted by molar-refractivity contribution is 6.32. The van der Waals surface area contributed by atoms with Crippen molar-refractivity contribution in [3.05, 3.63) is 116 Å². The predicted molar refractivity (Wildman–Crippen MR) is 139 cm³/mol. The summed E-state index contributed by atoms with van der Waals surface area (Å²) in [6, 6.07) is 13.5. The molecule has 0 spiro atoms. The number of benzene rings is 3. The molecule has 0 aliphatic carbocycles. The quantitative estimate of drug-likeness (QED) is 0.271. The zero-order valence-corrected chi connectivity index (χ0v) is 21.0. The second-order valence-corrected chi connectivity index (χ2v) is 9.15. The fourth-order valence-electron chi connectivity index (χ4n) is 4.56. The van der Waals surface area contributed by atoms with Crippen LogP contribution in [-0.4, -0.2) is 24.5 Å². The van der Waals surface area contributed by atoms with E-state index in [1.165, 1.54) is 24.1 Å². The molecule has 6 nitrogen and oxygen atoms in total. The SMILES string of the molecule is C=CCOc1ccc(C2c3c(oc4cc(C)c(Cl)cc4c3=O)C(=O)N2Cc2ccc(F)cc2)cc1OC. The van der Waals surface area contributed by atoms with Crippen LogP contribution in [0.15, 0.2) is 76.5 Å². The molecule has 1 unspecified atom stereocenters. The number of hydrogen-bond acceptors (Lipinski definition) is 5. The molecule has 37 heavy (non-hydrogen) atoms. The van der Waals surface area contributed by atoms with E-state index >= 15 is 0 Å². The van der Waals surface area contributed by atoms with E-state index in [0.717, 1.165) is 5.56 Å². The number of rotatable bonds is 7. The van der Waals surface area contributed by atoms with Crippen molar-refractivity contribution in [2.75, 3.05) is 13.7 Å². The summed E-state index contributed by atoms with van der Waals surface area (Å²) in [5, 5.41) is 0.711. The molecule has 0 fully saturated rings. The first-order valence-electron chi connectivity index (χ1n) is 11.6. The third-order valence-electron chi connectivity index (χ3n) is 6.37. The van der Waals surface area contributed by atoms with Gasteiger partial charge in [0.05, 0.1) is 24.1 Å². The van der Waals surface area contributed by atoms with Gasteiger partial charge < -0.3 is 18.8 Å². The van der Waals surface area contributed by atoms with Crippen molar-refractivity contribution in [2.24, 2.45) is 0 Å². The van der Waals surface area contributed by atoms with Gasteiger partial charge >= 0.3 is 0 Å². The van der Waals surface area contributed by atoms with Crippen molar-refractivity contribution in [2.45, 2.75) is 19.5 Å². The molecule has 8 heteroatoms. The van der Waals surface area contributed by atoms with Gasteiger partial charge in [0.15, 0.2) is 16.9 Å². The predicted octanol–water partition coefficient (Wildman–Crippen LogP) is 6.21. The van der Waals surface area contributed by atoms with Gasteiger partial charge in [0.1, 0.15) is 18.0 Å². The molecule has 4 aromatic rings. The minimum atomic E-state index is -0.782. The lowest BCUT2D eigenvalue weighted by Crippen LogP contribution is -2.29. The van der Waals surface area contributed by atoms with Gasteiger partial charge in [0.25, 0.3) is 5.91 Å². The number of aryl methyl sites for hydroxylation is 1. The van der Waals surface area contributed by atoms with Crippen LogP contribution in [0.1, 0.15) is 38.9 Å². The fourth-order valence-corrected chi connectivity index (χ4v) is 4.72. The highest BCUT2D eigenvalue weighted by Gasteiger charge is 2.43. The summed E-state index contributed by atoms with van der Waals surface area (Å²) in [5.74, 6) is 0.0742. The Labute approximate surface area is 217 Å². The molecule has 2 heterocycles. The minimum absolute atomic E-state index is 0.0303. The van der Waals surface area contributed by atoms with Gasteiger partial charge in [-0.25, -0.2) is 4.39 Å². The van der Waals surface area contributed by atoms with Crippen molar-refractivity contribution in [1.82, 2.24) is 4.90 Å². The lowest BCUT2D eigenvalue weighted by molar-refractivity contribution is 0.0714. The number of carbonyl (C=O) groups is 1. The van der Waals surface area contributed by atoms with Crippen molar-refractivity contribution in [3.63, 3.8) is 0 Å². The number of fused-ring (bicyclic) bond motifs is 2. The van der Waals surface area contributed by atoms with Gasteiger partial charge in [0.2, 0.25) is 5.76 Å². The molecule has 188 valence electrons. The first-order chi connectivity index (χ1) is 17.8. The van der Waals surface area contributed by atoms with E-state index in [-0.39, 0.29) is 46.7 Å². The van der Waals surface area contributed by atoms with Crippen LogP contribution in [0, 0.1) is 12.7 Å². The number of carbonyl (C=O) groups excluding carboxylic acids is 1. The second-order valence-electron chi connectivity index (χ2n) is 8.74. The van der Waals surface area contributed by atoms with E-state index in [2.05, 4.69) is 6.58 Å². The Balaban J connectivity index is 1.71. The summed E-state index contributed by atoms with van der Waals surface area (Å²) >= 11 is 6.31. The fraction of sp³-hybridized carbons (Fsp3) is 0.172. The zero-order valence-electron chi connectivity index (χ0n) is 20.2. The molecular weight excluding hydrogens is 497 g/mol. The monoisotopic (exact) mass is 519 g/mol. The van der Waals surface area contributed by atoms with Crippen LogP contribution in [0.3, 0.4) is 0 Å². The average Bonchev–Trinajstić information content (AvgIpc) is 3.16. The normalized spacial score (nSPS) is 14.6. The van der Waals surface area contributed by atoms with Gasteiger partial charge in [-0.05, 0) is 60.0 Å². The summed E-state index contributed by atoms with van der Waals surface area (Å²) in [4.78, 5) is 29.0. The number of nitrogens with zero attached hydrogens (tertiary/aromatic N) is 1. The maximum absolute atomic E-state index is 13.8. The van der Waals surface area contributed by atoms with Crippen molar-refractivity contribution < 1.29 is 23.1 Å². The van der Waals surface area contributed by atoms with Crippen LogP contribution >= 0.6 is 11.6 Å². The molecule has 1 aliphatic rings.